The number of thiophene rings is 1. The maximum absolute atomic E-state index is 12.3. The van der Waals surface area contributed by atoms with Gasteiger partial charge in [-0.1, -0.05) is 12.1 Å². The number of alkyl halides is 3. The molecule has 0 spiro atoms. The first kappa shape index (κ1) is 19.1. The van der Waals surface area contributed by atoms with Crippen LogP contribution < -0.4 is 10.1 Å². The van der Waals surface area contributed by atoms with E-state index < -0.39 is 6.36 Å². The molecule has 0 saturated carbocycles. The molecule has 3 rings (SSSR count). The van der Waals surface area contributed by atoms with Gasteiger partial charge in [-0.15, -0.1) is 25.6 Å². The van der Waals surface area contributed by atoms with Gasteiger partial charge < -0.3 is 10.1 Å². The predicted molar refractivity (Wildman–Crippen MR) is 91.0 cm³/mol. The largest absolute Gasteiger partial charge is 0.573 e. The van der Waals surface area contributed by atoms with E-state index in [9.17, 15) is 13.2 Å². The molecular weight excluding hydrogens is 361 g/mol. The Labute approximate surface area is 148 Å². The van der Waals surface area contributed by atoms with E-state index in [1.807, 2.05) is 5.38 Å². The molecule has 1 N–H and O–H groups in total. The van der Waals surface area contributed by atoms with Gasteiger partial charge in [0.2, 0.25) is 0 Å². The van der Waals surface area contributed by atoms with Crippen molar-refractivity contribution in [1.29, 1.82) is 0 Å². The van der Waals surface area contributed by atoms with Gasteiger partial charge in [0.25, 0.3) is 0 Å². The van der Waals surface area contributed by atoms with Gasteiger partial charge in [0.1, 0.15) is 5.75 Å². The summed E-state index contributed by atoms with van der Waals surface area (Å²) in [4.78, 5) is 2.35. The second kappa shape index (κ2) is 8.20. The number of ether oxygens (including phenoxy) is 1. The molecule has 8 heteroatoms. The van der Waals surface area contributed by atoms with E-state index in [1.165, 1.54) is 17.7 Å². The van der Waals surface area contributed by atoms with Crippen LogP contribution in [0.3, 0.4) is 0 Å². The molecule has 3 nitrogen and oxygen atoms in total. The van der Waals surface area contributed by atoms with E-state index in [0.717, 1.165) is 31.7 Å². The molecule has 0 radical (unpaired) electrons. The molecule has 0 unspecified atom stereocenters. The lowest BCUT2D eigenvalue weighted by Gasteiger charge is -2.35. The molecule has 24 heavy (non-hydrogen) atoms. The number of piperazine rings is 1. The van der Waals surface area contributed by atoms with Crippen LogP contribution in [0.25, 0.3) is 0 Å². The zero-order valence-corrected chi connectivity index (χ0v) is 14.4. The SMILES string of the molecule is Cl.FC(F)(F)Oc1ccc([C@H](c2ccsc2)N2CCNCC2)cc1. The van der Waals surface area contributed by atoms with Crippen LogP contribution in [0, 0.1) is 0 Å². The highest BCUT2D eigenvalue weighted by atomic mass is 35.5. The van der Waals surface area contributed by atoms with E-state index in [-0.39, 0.29) is 24.2 Å². The zero-order chi connectivity index (χ0) is 16.3. The van der Waals surface area contributed by atoms with E-state index in [4.69, 9.17) is 0 Å². The van der Waals surface area contributed by atoms with Crippen molar-refractivity contribution in [2.45, 2.75) is 12.4 Å². The Morgan fingerprint density at radius 1 is 1.04 bits per heavy atom. The van der Waals surface area contributed by atoms with Crippen molar-refractivity contribution in [1.82, 2.24) is 10.2 Å². The first-order valence-electron chi connectivity index (χ1n) is 7.35. The van der Waals surface area contributed by atoms with E-state index in [0.29, 0.717) is 0 Å². The molecule has 132 valence electrons. The molecule has 1 aromatic carbocycles. The van der Waals surface area contributed by atoms with Crippen LogP contribution in [0.4, 0.5) is 13.2 Å². The molecule has 2 heterocycles. The molecule has 0 amide bonds. The Morgan fingerprint density at radius 2 is 1.71 bits per heavy atom. The monoisotopic (exact) mass is 378 g/mol. The minimum atomic E-state index is -4.66. The summed E-state index contributed by atoms with van der Waals surface area (Å²) in [5, 5.41) is 7.43. The van der Waals surface area contributed by atoms with Gasteiger partial charge >= 0.3 is 6.36 Å². The number of hydrogen-bond donors (Lipinski definition) is 1. The second-order valence-corrected chi connectivity index (χ2v) is 6.14. The van der Waals surface area contributed by atoms with Gasteiger partial charge in [-0.05, 0) is 40.1 Å². The average Bonchev–Trinajstić information content (AvgIpc) is 3.03. The van der Waals surface area contributed by atoms with Crippen molar-refractivity contribution < 1.29 is 17.9 Å². The molecule has 0 bridgehead atoms. The van der Waals surface area contributed by atoms with Gasteiger partial charge in [0.15, 0.2) is 0 Å². The van der Waals surface area contributed by atoms with Gasteiger partial charge in [-0.2, -0.15) is 11.3 Å². The van der Waals surface area contributed by atoms with Gasteiger partial charge in [-0.25, -0.2) is 0 Å². The van der Waals surface area contributed by atoms with Crippen molar-refractivity contribution in [3.8, 4) is 5.75 Å². The summed E-state index contributed by atoms with van der Waals surface area (Å²) in [6, 6.07) is 8.31. The first-order chi connectivity index (χ1) is 11.0. The fourth-order valence-corrected chi connectivity index (χ4v) is 3.52. The highest BCUT2D eigenvalue weighted by Crippen LogP contribution is 2.32. The Kier molecular flexibility index (Phi) is 6.51. The van der Waals surface area contributed by atoms with Gasteiger partial charge in [0, 0.05) is 26.2 Å². The molecule has 1 saturated heterocycles. The number of hydrogen-bond acceptors (Lipinski definition) is 4. The Balaban J connectivity index is 0.00000208. The minimum absolute atomic E-state index is 0. The lowest BCUT2D eigenvalue weighted by Crippen LogP contribution is -2.45. The van der Waals surface area contributed by atoms with Crippen molar-refractivity contribution in [2.75, 3.05) is 26.2 Å². The molecule has 1 aliphatic rings. The third-order valence-electron chi connectivity index (χ3n) is 3.81. The van der Waals surface area contributed by atoms with Crippen LogP contribution in [0.15, 0.2) is 41.1 Å². The molecule has 0 aliphatic carbocycles. The highest BCUT2D eigenvalue weighted by Gasteiger charge is 2.31. The Hall–Kier alpha value is -1.28. The number of benzene rings is 1. The molecule has 1 atom stereocenters. The van der Waals surface area contributed by atoms with E-state index >= 15 is 0 Å². The number of rotatable bonds is 4. The van der Waals surface area contributed by atoms with Crippen molar-refractivity contribution in [3.63, 3.8) is 0 Å². The Bertz CT molecular complexity index is 613. The van der Waals surface area contributed by atoms with Crippen LogP contribution in [0.2, 0.25) is 0 Å². The number of halogens is 4. The normalized spacial score (nSPS) is 17.1. The summed E-state index contributed by atoms with van der Waals surface area (Å²) >= 11 is 1.62. The van der Waals surface area contributed by atoms with Crippen LogP contribution in [0.5, 0.6) is 5.75 Å². The van der Waals surface area contributed by atoms with Crippen molar-refractivity contribution in [3.05, 3.63) is 52.2 Å². The third-order valence-corrected chi connectivity index (χ3v) is 4.51. The fourth-order valence-electron chi connectivity index (χ4n) is 2.84. The smallest absolute Gasteiger partial charge is 0.406 e. The Morgan fingerprint density at radius 3 is 2.25 bits per heavy atom. The third kappa shape index (κ3) is 4.86. The van der Waals surface area contributed by atoms with Crippen molar-refractivity contribution in [2.24, 2.45) is 0 Å². The summed E-state index contributed by atoms with van der Waals surface area (Å²) < 4.78 is 40.8. The second-order valence-electron chi connectivity index (χ2n) is 5.36. The molecule has 1 fully saturated rings. The predicted octanol–water partition coefficient (Wildman–Crippen LogP) is 4.06. The topological polar surface area (TPSA) is 24.5 Å². The van der Waals surface area contributed by atoms with Crippen LogP contribution in [0.1, 0.15) is 17.2 Å². The highest BCUT2D eigenvalue weighted by molar-refractivity contribution is 7.08. The molecule has 1 aromatic heterocycles. The van der Waals surface area contributed by atoms with Gasteiger partial charge in [-0.3, -0.25) is 4.90 Å². The maximum atomic E-state index is 12.3. The summed E-state index contributed by atoms with van der Waals surface area (Å²) in [5.41, 5.74) is 2.14. The lowest BCUT2D eigenvalue weighted by atomic mass is 9.99. The molecule has 2 aromatic rings. The number of nitrogens with zero attached hydrogens (tertiary/aromatic N) is 1. The summed E-state index contributed by atoms with van der Waals surface area (Å²) in [7, 11) is 0. The molecular formula is C16H18ClF3N2OS. The van der Waals surface area contributed by atoms with Crippen LogP contribution in [-0.4, -0.2) is 37.4 Å². The fraction of sp³-hybridized carbons (Fsp3) is 0.375. The van der Waals surface area contributed by atoms with Crippen LogP contribution >= 0.6 is 23.7 Å². The summed E-state index contributed by atoms with van der Waals surface area (Å²) in [6.45, 7) is 3.63. The summed E-state index contributed by atoms with van der Waals surface area (Å²) in [6.07, 6.45) is -4.66. The lowest BCUT2D eigenvalue weighted by molar-refractivity contribution is -0.274. The standard InChI is InChI=1S/C16H17F3N2OS.ClH/c17-16(18,19)22-14-3-1-12(2-4-14)15(13-5-10-23-11-13)21-8-6-20-7-9-21;/h1-5,10-11,15,20H,6-9H2;1H/t15-;/m1./s1. The zero-order valence-electron chi connectivity index (χ0n) is 12.8. The van der Waals surface area contributed by atoms with E-state index in [2.05, 4.69) is 26.4 Å². The average molecular weight is 379 g/mol. The van der Waals surface area contributed by atoms with Crippen molar-refractivity contribution >= 4 is 23.7 Å². The molecule has 1 aliphatic heterocycles. The number of nitrogens with one attached hydrogen (secondary N) is 1. The van der Waals surface area contributed by atoms with Crippen LogP contribution in [-0.2, 0) is 0 Å². The maximum Gasteiger partial charge on any atom is 0.573 e. The van der Waals surface area contributed by atoms with E-state index in [1.54, 1.807) is 23.5 Å². The van der Waals surface area contributed by atoms with Gasteiger partial charge in [0.05, 0.1) is 6.04 Å². The quantitative estimate of drug-likeness (QED) is 0.868. The first-order valence-corrected chi connectivity index (χ1v) is 8.30. The minimum Gasteiger partial charge on any atom is -0.406 e. The summed E-state index contributed by atoms with van der Waals surface area (Å²) in [5.74, 6) is -0.189.